The zero-order chi connectivity index (χ0) is 13.0. The molecule has 2 N–H and O–H groups in total. The van der Waals surface area contributed by atoms with E-state index in [0.29, 0.717) is 28.3 Å². The van der Waals surface area contributed by atoms with Crippen LogP contribution in [0.3, 0.4) is 0 Å². The van der Waals surface area contributed by atoms with Crippen LogP contribution in [0.25, 0.3) is 21.6 Å². The third kappa shape index (κ3) is 2.52. The molecular formula is C9H11BrN8. The van der Waals surface area contributed by atoms with Gasteiger partial charge in [-0.05, 0) is 34.3 Å². The zero-order valence-corrected chi connectivity index (χ0v) is 11.1. The highest BCUT2D eigenvalue weighted by molar-refractivity contribution is 9.10. The van der Waals surface area contributed by atoms with Gasteiger partial charge in [0.2, 0.25) is 0 Å². The van der Waals surface area contributed by atoms with Crippen LogP contribution >= 0.6 is 15.9 Å². The smallest absolute Gasteiger partial charge is 0.179 e. The maximum atomic E-state index is 8.17. The fourth-order valence-electron chi connectivity index (χ4n) is 1.62. The van der Waals surface area contributed by atoms with Gasteiger partial charge in [-0.2, -0.15) is 0 Å². The Balaban J connectivity index is 2.15. The van der Waals surface area contributed by atoms with Gasteiger partial charge in [0.1, 0.15) is 6.33 Å². The number of nitrogens with two attached hydrogens (primary N) is 1. The number of hydrogen-bond donors (Lipinski definition) is 1. The summed E-state index contributed by atoms with van der Waals surface area (Å²) in [5, 5.41) is 3.49. The topological polar surface area (TPSA) is 118 Å². The van der Waals surface area contributed by atoms with Crippen molar-refractivity contribution < 1.29 is 0 Å². The SMILES string of the molecule is [N-]=[N+]=NCCCCn1c(Br)nc2c(N)ncnc21. The second-order valence-corrected chi connectivity index (χ2v) is 4.33. The average molecular weight is 311 g/mol. The molecule has 18 heavy (non-hydrogen) atoms. The molecule has 0 aliphatic carbocycles. The fraction of sp³-hybridized carbons (Fsp3) is 0.444. The number of halogens is 1. The minimum absolute atomic E-state index is 0.369. The minimum atomic E-state index is 0.369. The minimum Gasteiger partial charge on any atom is -0.382 e. The lowest BCUT2D eigenvalue weighted by atomic mass is 10.3. The first-order valence-electron chi connectivity index (χ1n) is 5.37. The van der Waals surface area contributed by atoms with E-state index in [2.05, 4.69) is 40.9 Å². The molecule has 0 atom stereocenters. The summed E-state index contributed by atoms with van der Waals surface area (Å²) in [6.45, 7) is 1.23. The van der Waals surface area contributed by atoms with Crippen molar-refractivity contribution in [2.45, 2.75) is 19.4 Å². The van der Waals surface area contributed by atoms with Gasteiger partial charge in [0.05, 0.1) is 0 Å². The van der Waals surface area contributed by atoms with Crippen LogP contribution in [0.1, 0.15) is 12.8 Å². The molecule has 2 aromatic heterocycles. The van der Waals surface area contributed by atoms with Crippen LogP contribution in [0.5, 0.6) is 0 Å². The molecule has 9 heteroatoms. The van der Waals surface area contributed by atoms with E-state index >= 15 is 0 Å². The third-order valence-electron chi connectivity index (χ3n) is 2.47. The van der Waals surface area contributed by atoms with Gasteiger partial charge in [0.25, 0.3) is 0 Å². The average Bonchev–Trinajstić information content (AvgIpc) is 2.68. The summed E-state index contributed by atoms with van der Waals surface area (Å²) in [6, 6.07) is 0. The quantitative estimate of drug-likeness (QED) is 0.299. The molecule has 0 saturated carbocycles. The molecule has 94 valence electrons. The predicted octanol–water partition coefficient (Wildman–Crippen LogP) is 2.26. The van der Waals surface area contributed by atoms with E-state index in [1.54, 1.807) is 0 Å². The maximum Gasteiger partial charge on any atom is 0.179 e. The summed E-state index contributed by atoms with van der Waals surface area (Å²) in [4.78, 5) is 15.1. The summed E-state index contributed by atoms with van der Waals surface area (Å²) >= 11 is 3.37. The molecule has 2 rings (SSSR count). The Morgan fingerprint density at radius 1 is 1.44 bits per heavy atom. The number of nitrogen functional groups attached to an aromatic ring is 1. The Morgan fingerprint density at radius 2 is 2.28 bits per heavy atom. The molecule has 0 spiro atoms. The lowest BCUT2D eigenvalue weighted by Crippen LogP contribution is -2.01. The van der Waals surface area contributed by atoms with Crippen LogP contribution in [0.4, 0.5) is 5.82 Å². The van der Waals surface area contributed by atoms with Gasteiger partial charge in [0.15, 0.2) is 21.7 Å². The molecule has 2 heterocycles. The van der Waals surface area contributed by atoms with Crippen LogP contribution in [-0.4, -0.2) is 26.1 Å². The van der Waals surface area contributed by atoms with Gasteiger partial charge in [-0.3, -0.25) is 0 Å². The Kier molecular flexibility index (Phi) is 3.96. The molecule has 0 amide bonds. The second kappa shape index (κ2) is 5.65. The standard InChI is InChI=1S/C9H11BrN8/c10-9-16-6-7(11)13-5-14-8(6)18(9)4-2-1-3-15-17-12/h5H,1-4H2,(H2,11,13,14). The highest BCUT2D eigenvalue weighted by atomic mass is 79.9. The third-order valence-corrected chi connectivity index (χ3v) is 3.07. The molecule has 8 nitrogen and oxygen atoms in total. The van der Waals surface area contributed by atoms with Crippen molar-refractivity contribution >= 4 is 32.9 Å². The second-order valence-electron chi connectivity index (χ2n) is 3.63. The van der Waals surface area contributed by atoms with Crippen LogP contribution in [0.2, 0.25) is 0 Å². The van der Waals surface area contributed by atoms with Crippen molar-refractivity contribution in [3.05, 3.63) is 21.5 Å². The number of rotatable bonds is 5. The van der Waals surface area contributed by atoms with Crippen molar-refractivity contribution in [2.24, 2.45) is 5.11 Å². The molecule has 0 aromatic carbocycles. The summed E-state index contributed by atoms with van der Waals surface area (Å²) < 4.78 is 2.59. The first-order chi connectivity index (χ1) is 8.74. The zero-order valence-electron chi connectivity index (χ0n) is 9.49. The molecule has 0 aliphatic rings. The molecule has 0 unspecified atom stereocenters. The normalized spacial score (nSPS) is 10.5. The molecular weight excluding hydrogens is 300 g/mol. The first-order valence-corrected chi connectivity index (χ1v) is 6.16. The van der Waals surface area contributed by atoms with Crippen molar-refractivity contribution in [3.63, 3.8) is 0 Å². The number of aryl methyl sites for hydroxylation is 1. The van der Waals surface area contributed by atoms with Crippen LogP contribution in [-0.2, 0) is 6.54 Å². The predicted molar refractivity (Wildman–Crippen MR) is 70.7 cm³/mol. The summed E-state index contributed by atoms with van der Waals surface area (Å²) in [7, 11) is 0. The Hall–Kier alpha value is -1.86. The monoisotopic (exact) mass is 310 g/mol. The van der Waals surface area contributed by atoms with E-state index in [1.807, 2.05) is 4.57 Å². The number of hydrogen-bond acceptors (Lipinski definition) is 5. The Bertz CT molecular complexity index is 600. The number of nitrogens with zero attached hydrogens (tertiary/aromatic N) is 7. The van der Waals surface area contributed by atoms with Gasteiger partial charge < -0.3 is 10.3 Å². The maximum absolute atomic E-state index is 8.17. The number of imidazole rings is 1. The number of unbranched alkanes of at least 4 members (excludes halogenated alkanes) is 1. The van der Waals surface area contributed by atoms with E-state index < -0.39 is 0 Å². The molecule has 0 aliphatic heterocycles. The van der Waals surface area contributed by atoms with Crippen LogP contribution < -0.4 is 5.73 Å². The van der Waals surface area contributed by atoms with Crippen LogP contribution in [0.15, 0.2) is 16.2 Å². The number of aromatic nitrogens is 4. The molecule has 0 saturated heterocycles. The van der Waals surface area contributed by atoms with Crippen molar-refractivity contribution in [1.29, 1.82) is 0 Å². The Morgan fingerprint density at radius 3 is 3.06 bits per heavy atom. The van der Waals surface area contributed by atoms with Gasteiger partial charge in [-0.1, -0.05) is 5.11 Å². The summed E-state index contributed by atoms with van der Waals surface area (Å²) in [5.74, 6) is 0.369. The molecule has 0 radical (unpaired) electrons. The molecule has 0 fully saturated rings. The highest BCUT2D eigenvalue weighted by Crippen LogP contribution is 2.21. The molecule has 2 aromatic rings. The largest absolute Gasteiger partial charge is 0.382 e. The van der Waals surface area contributed by atoms with Crippen molar-refractivity contribution in [3.8, 4) is 0 Å². The fourth-order valence-corrected chi connectivity index (χ4v) is 2.15. The summed E-state index contributed by atoms with van der Waals surface area (Å²) in [6.07, 6.45) is 3.10. The van der Waals surface area contributed by atoms with E-state index in [-0.39, 0.29) is 0 Å². The van der Waals surface area contributed by atoms with Gasteiger partial charge in [-0.25, -0.2) is 15.0 Å². The van der Waals surface area contributed by atoms with Gasteiger partial charge >= 0.3 is 0 Å². The van der Waals surface area contributed by atoms with Crippen LogP contribution in [0, 0.1) is 0 Å². The molecule has 0 bridgehead atoms. The Labute approximate surface area is 111 Å². The lowest BCUT2D eigenvalue weighted by Gasteiger charge is -2.03. The summed E-state index contributed by atoms with van der Waals surface area (Å²) in [5.41, 5.74) is 15.2. The number of anilines is 1. The van der Waals surface area contributed by atoms with E-state index in [9.17, 15) is 0 Å². The van der Waals surface area contributed by atoms with Gasteiger partial charge in [0, 0.05) is 18.0 Å². The number of fused-ring (bicyclic) bond motifs is 1. The van der Waals surface area contributed by atoms with Crippen molar-refractivity contribution in [2.75, 3.05) is 12.3 Å². The van der Waals surface area contributed by atoms with E-state index in [0.717, 1.165) is 19.4 Å². The lowest BCUT2D eigenvalue weighted by molar-refractivity contribution is 0.613. The highest BCUT2D eigenvalue weighted by Gasteiger charge is 2.11. The van der Waals surface area contributed by atoms with Crippen molar-refractivity contribution in [1.82, 2.24) is 19.5 Å². The number of azide groups is 1. The van der Waals surface area contributed by atoms with E-state index in [1.165, 1.54) is 6.33 Å². The first kappa shape index (κ1) is 12.6. The van der Waals surface area contributed by atoms with E-state index in [4.69, 9.17) is 11.3 Å². The van der Waals surface area contributed by atoms with Gasteiger partial charge in [-0.15, -0.1) is 0 Å².